The molecule has 1 amide bonds. The number of carbonyl (C=O) groups excluding carboxylic acids is 2. The number of thiophene rings is 1. The quantitative estimate of drug-likeness (QED) is 0.560. The highest BCUT2D eigenvalue weighted by molar-refractivity contribution is 8.00. The number of aryl methyl sites for hydroxylation is 1. The van der Waals surface area contributed by atoms with Crippen LogP contribution in [0.3, 0.4) is 0 Å². The Morgan fingerprint density at radius 2 is 2.26 bits per heavy atom. The number of nitrogens with zero attached hydrogens (tertiary/aromatic N) is 2. The summed E-state index contributed by atoms with van der Waals surface area (Å²) in [7, 11) is 0. The number of carbonyl (C=O) groups is 2. The fraction of sp³-hybridized carbons (Fsp3) is 0.556. The number of nitrogens with one attached hydrogen (secondary N) is 2. The summed E-state index contributed by atoms with van der Waals surface area (Å²) in [5.41, 5.74) is 1.57. The summed E-state index contributed by atoms with van der Waals surface area (Å²) in [6.45, 7) is 7.91. The number of hydrogen-bond acceptors (Lipinski definition) is 7. The van der Waals surface area contributed by atoms with Crippen molar-refractivity contribution in [3.63, 3.8) is 0 Å². The highest BCUT2D eigenvalue weighted by atomic mass is 32.2. The van der Waals surface area contributed by atoms with Gasteiger partial charge in [-0.05, 0) is 51.5 Å². The van der Waals surface area contributed by atoms with Gasteiger partial charge in [0, 0.05) is 4.88 Å². The van der Waals surface area contributed by atoms with Crippen molar-refractivity contribution >= 4 is 40.0 Å². The maximum atomic E-state index is 12.7. The first-order valence-electron chi connectivity index (χ1n) is 9.07. The molecule has 0 fully saturated rings. The fourth-order valence-corrected chi connectivity index (χ4v) is 5.23. The molecule has 1 aliphatic rings. The van der Waals surface area contributed by atoms with E-state index in [1.54, 1.807) is 13.8 Å². The Bertz CT molecular complexity index is 846. The lowest BCUT2D eigenvalue weighted by molar-refractivity contribution is -0.115. The zero-order valence-corrected chi connectivity index (χ0v) is 17.6. The molecule has 3 rings (SSSR count). The standard InChI is InChI=1S/C18H24N4O3S2/c1-5-25-17(24)14-12-7-6-9(2)8-13(12)27-16(14)20-15(23)10(3)26-18-19-11(4)21-22-18/h9-10H,5-8H2,1-4H3,(H,20,23)(H,19,21,22)/t9-,10+/m0/s1. The average molecular weight is 409 g/mol. The van der Waals surface area contributed by atoms with Crippen LogP contribution in [0.1, 0.15) is 53.8 Å². The molecular weight excluding hydrogens is 384 g/mol. The van der Waals surface area contributed by atoms with Gasteiger partial charge in [-0.15, -0.1) is 16.4 Å². The van der Waals surface area contributed by atoms with E-state index in [2.05, 4.69) is 27.4 Å². The van der Waals surface area contributed by atoms with Crippen molar-refractivity contribution in [1.82, 2.24) is 15.2 Å². The van der Waals surface area contributed by atoms with Crippen molar-refractivity contribution in [2.24, 2.45) is 5.92 Å². The van der Waals surface area contributed by atoms with E-state index in [1.165, 1.54) is 28.0 Å². The Balaban J connectivity index is 1.80. The first-order chi connectivity index (χ1) is 12.9. The number of rotatable bonds is 6. The second-order valence-electron chi connectivity index (χ2n) is 6.73. The number of aromatic nitrogens is 3. The summed E-state index contributed by atoms with van der Waals surface area (Å²) in [5, 5.41) is 10.5. The number of H-pyrrole nitrogens is 1. The van der Waals surface area contributed by atoms with E-state index in [1.807, 2.05) is 6.92 Å². The Kier molecular flexibility index (Phi) is 6.21. The van der Waals surface area contributed by atoms with Gasteiger partial charge in [-0.25, -0.2) is 9.78 Å². The first-order valence-corrected chi connectivity index (χ1v) is 10.8. The van der Waals surface area contributed by atoms with Crippen molar-refractivity contribution in [3.8, 4) is 0 Å². The molecule has 1 aliphatic carbocycles. The predicted molar refractivity (Wildman–Crippen MR) is 107 cm³/mol. The molecule has 7 nitrogen and oxygen atoms in total. The van der Waals surface area contributed by atoms with Crippen LogP contribution in [0.4, 0.5) is 5.00 Å². The summed E-state index contributed by atoms with van der Waals surface area (Å²) in [6, 6.07) is 0. The summed E-state index contributed by atoms with van der Waals surface area (Å²) in [6.07, 6.45) is 2.82. The second-order valence-corrected chi connectivity index (χ2v) is 9.14. The average Bonchev–Trinajstić information content (AvgIpc) is 3.17. The van der Waals surface area contributed by atoms with Crippen LogP contribution in [0.2, 0.25) is 0 Å². The minimum absolute atomic E-state index is 0.181. The second kappa shape index (κ2) is 8.43. The van der Waals surface area contributed by atoms with Crippen molar-refractivity contribution in [2.45, 2.75) is 57.4 Å². The third-order valence-corrected chi connectivity index (χ3v) is 6.59. The summed E-state index contributed by atoms with van der Waals surface area (Å²) in [5.74, 6) is 0.748. The van der Waals surface area contributed by atoms with E-state index >= 15 is 0 Å². The van der Waals surface area contributed by atoms with Gasteiger partial charge in [-0.1, -0.05) is 18.7 Å². The topological polar surface area (TPSA) is 97.0 Å². The third kappa shape index (κ3) is 4.52. The van der Waals surface area contributed by atoms with Gasteiger partial charge in [0.25, 0.3) is 0 Å². The molecule has 2 heterocycles. The number of amides is 1. The van der Waals surface area contributed by atoms with Crippen LogP contribution in [0.25, 0.3) is 0 Å². The SMILES string of the molecule is CCOC(=O)c1c(NC(=O)[C@@H](C)Sc2n[nH]c(C)n2)sc2c1CC[C@H](C)C2. The Hall–Kier alpha value is -1.87. The molecule has 2 N–H and O–H groups in total. The maximum absolute atomic E-state index is 12.7. The van der Waals surface area contributed by atoms with Gasteiger partial charge in [-0.2, -0.15) is 0 Å². The van der Waals surface area contributed by atoms with Crippen LogP contribution in [0.15, 0.2) is 5.16 Å². The number of hydrogen-bond donors (Lipinski definition) is 2. The molecule has 146 valence electrons. The van der Waals surface area contributed by atoms with Gasteiger partial charge in [0.05, 0.1) is 17.4 Å². The number of esters is 1. The predicted octanol–water partition coefficient (Wildman–Crippen LogP) is 3.60. The Morgan fingerprint density at radius 3 is 2.93 bits per heavy atom. The zero-order valence-electron chi connectivity index (χ0n) is 15.9. The lowest BCUT2D eigenvalue weighted by Crippen LogP contribution is -2.23. The zero-order chi connectivity index (χ0) is 19.6. The fourth-order valence-electron chi connectivity index (χ4n) is 3.06. The van der Waals surface area contributed by atoms with Gasteiger partial charge in [0.2, 0.25) is 11.1 Å². The highest BCUT2D eigenvalue weighted by Gasteiger charge is 2.30. The number of anilines is 1. The highest BCUT2D eigenvalue weighted by Crippen LogP contribution is 2.40. The summed E-state index contributed by atoms with van der Waals surface area (Å²) in [4.78, 5) is 30.6. The van der Waals surface area contributed by atoms with Gasteiger partial charge >= 0.3 is 5.97 Å². The number of aromatic amines is 1. The van der Waals surface area contributed by atoms with E-state index in [9.17, 15) is 9.59 Å². The Labute approximate surface area is 166 Å². The molecule has 0 aromatic carbocycles. The molecule has 2 aromatic heterocycles. The van der Waals surface area contributed by atoms with Crippen LogP contribution in [0, 0.1) is 12.8 Å². The van der Waals surface area contributed by atoms with Crippen LogP contribution in [-0.4, -0.2) is 38.9 Å². The first kappa shape index (κ1) is 19.9. The molecular formula is C18H24N4O3S2. The van der Waals surface area contributed by atoms with E-state index in [0.29, 0.717) is 34.1 Å². The van der Waals surface area contributed by atoms with Crippen molar-refractivity contribution in [2.75, 3.05) is 11.9 Å². The van der Waals surface area contributed by atoms with Crippen LogP contribution < -0.4 is 5.32 Å². The van der Waals surface area contributed by atoms with Crippen LogP contribution in [-0.2, 0) is 22.4 Å². The van der Waals surface area contributed by atoms with E-state index in [4.69, 9.17) is 4.74 Å². The van der Waals surface area contributed by atoms with Gasteiger partial charge in [-0.3, -0.25) is 9.89 Å². The lowest BCUT2D eigenvalue weighted by atomic mass is 9.88. The molecule has 2 aromatic rings. The summed E-state index contributed by atoms with van der Waals surface area (Å²) < 4.78 is 5.25. The number of thioether (sulfide) groups is 1. The molecule has 0 bridgehead atoms. The molecule has 2 atom stereocenters. The number of ether oxygens (including phenoxy) is 1. The van der Waals surface area contributed by atoms with Gasteiger partial charge in [0.1, 0.15) is 10.8 Å². The third-order valence-electron chi connectivity index (χ3n) is 4.46. The number of fused-ring (bicyclic) bond motifs is 1. The minimum Gasteiger partial charge on any atom is -0.462 e. The monoisotopic (exact) mass is 408 g/mol. The smallest absolute Gasteiger partial charge is 0.341 e. The largest absolute Gasteiger partial charge is 0.462 e. The molecule has 9 heteroatoms. The van der Waals surface area contributed by atoms with Gasteiger partial charge in [0.15, 0.2) is 0 Å². The van der Waals surface area contributed by atoms with Crippen LogP contribution >= 0.6 is 23.1 Å². The van der Waals surface area contributed by atoms with Crippen molar-refractivity contribution < 1.29 is 14.3 Å². The van der Waals surface area contributed by atoms with E-state index in [-0.39, 0.29) is 11.9 Å². The van der Waals surface area contributed by atoms with Crippen LogP contribution in [0.5, 0.6) is 0 Å². The molecule has 0 spiro atoms. The Morgan fingerprint density at radius 1 is 1.48 bits per heavy atom. The molecule has 0 unspecified atom stereocenters. The maximum Gasteiger partial charge on any atom is 0.341 e. The van der Waals surface area contributed by atoms with Crippen molar-refractivity contribution in [3.05, 3.63) is 21.8 Å². The molecule has 0 saturated heterocycles. The summed E-state index contributed by atoms with van der Waals surface area (Å²) >= 11 is 2.77. The molecule has 0 aliphatic heterocycles. The van der Waals surface area contributed by atoms with Crippen molar-refractivity contribution in [1.29, 1.82) is 0 Å². The van der Waals surface area contributed by atoms with Gasteiger partial charge < -0.3 is 10.1 Å². The van der Waals surface area contributed by atoms with E-state index in [0.717, 1.165) is 24.8 Å². The normalized spacial score (nSPS) is 17.3. The minimum atomic E-state index is -0.395. The molecule has 0 saturated carbocycles. The molecule has 0 radical (unpaired) electrons. The lowest BCUT2D eigenvalue weighted by Gasteiger charge is -2.18. The molecule has 27 heavy (non-hydrogen) atoms. The van der Waals surface area contributed by atoms with E-state index < -0.39 is 5.25 Å².